The van der Waals surface area contributed by atoms with Crippen molar-refractivity contribution in [2.75, 3.05) is 29.2 Å². The molecule has 1 aromatic heterocycles. The molecule has 0 saturated heterocycles. The molecule has 0 bridgehead atoms. The lowest BCUT2D eigenvalue weighted by Gasteiger charge is -2.38. The van der Waals surface area contributed by atoms with Crippen LogP contribution in [0.1, 0.15) is 75.5 Å². The quantitative estimate of drug-likeness (QED) is 0.530. The van der Waals surface area contributed by atoms with Crippen LogP contribution in [0.25, 0.3) is 0 Å². The Labute approximate surface area is 214 Å². The molecule has 0 atom stereocenters. The number of hydrogen-bond acceptors (Lipinski definition) is 5. The molecule has 0 radical (unpaired) electrons. The summed E-state index contributed by atoms with van der Waals surface area (Å²) in [6.45, 7) is 0. The van der Waals surface area contributed by atoms with Gasteiger partial charge in [0.1, 0.15) is 5.82 Å². The molecule has 1 heterocycles. The van der Waals surface area contributed by atoms with Crippen LogP contribution in [-0.4, -0.2) is 42.1 Å². The molecule has 3 aliphatic rings. The Kier molecular flexibility index (Phi) is 7.47. The number of hydrogen-bond donors (Lipinski definition) is 1. The number of halogens is 1. The first-order valence-corrected chi connectivity index (χ1v) is 13.8. The van der Waals surface area contributed by atoms with Gasteiger partial charge in [-0.05, 0) is 88.5 Å². The molecule has 2 saturated carbocycles. The first-order valence-electron chi connectivity index (χ1n) is 13.4. The minimum atomic E-state index is 0.162. The lowest BCUT2D eigenvalue weighted by Crippen LogP contribution is -2.46. The Morgan fingerprint density at radius 1 is 0.914 bits per heavy atom. The maximum Gasteiger partial charge on any atom is 0.230 e. The number of nitrogens with zero attached hydrogens (tertiary/aromatic N) is 4. The van der Waals surface area contributed by atoms with Crippen LogP contribution in [0.15, 0.2) is 24.3 Å². The van der Waals surface area contributed by atoms with Crippen molar-refractivity contribution >= 4 is 35.0 Å². The molecule has 1 N–H and O–H groups in total. The number of anilines is 3. The second-order valence-corrected chi connectivity index (χ2v) is 11.1. The van der Waals surface area contributed by atoms with Crippen LogP contribution in [0, 0.1) is 5.92 Å². The van der Waals surface area contributed by atoms with E-state index in [0.29, 0.717) is 17.0 Å². The van der Waals surface area contributed by atoms with Gasteiger partial charge in [-0.25, -0.2) is 4.98 Å². The molecule has 1 amide bonds. The highest BCUT2D eigenvalue weighted by Crippen LogP contribution is 2.35. The summed E-state index contributed by atoms with van der Waals surface area (Å²) >= 11 is 6.15. The van der Waals surface area contributed by atoms with Gasteiger partial charge in [0, 0.05) is 48.4 Å². The molecular weight excluding hydrogens is 458 g/mol. The number of nitrogens with one attached hydrogen (secondary N) is 1. The molecule has 0 aliphatic heterocycles. The summed E-state index contributed by atoms with van der Waals surface area (Å²) in [5.41, 5.74) is 3.51. The van der Waals surface area contributed by atoms with Crippen molar-refractivity contribution in [1.29, 1.82) is 0 Å². The molecule has 0 spiro atoms. The van der Waals surface area contributed by atoms with E-state index in [0.717, 1.165) is 81.7 Å². The van der Waals surface area contributed by atoms with E-state index >= 15 is 0 Å². The lowest BCUT2D eigenvalue weighted by atomic mass is 9.89. The predicted octanol–water partition coefficient (Wildman–Crippen LogP) is 6.02. The van der Waals surface area contributed by atoms with E-state index in [2.05, 4.69) is 29.2 Å². The van der Waals surface area contributed by atoms with Crippen molar-refractivity contribution in [2.24, 2.45) is 5.92 Å². The summed E-state index contributed by atoms with van der Waals surface area (Å²) in [7, 11) is 4.14. The standard InChI is InChI=1S/C28H38ClN5O/c1-33(2)26-24-9-5-6-10-25(24)31-28(32-26)30-21-13-17-23(18-14-21)34(22-15-11-20(29)12-16-22)27(35)19-7-3-4-8-19/h11-12,15-16,19,21,23H,3-10,13-14,17-18H2,1-2H3,(H,30,31,32). The van der Waals surface area contributed by atoms with Crippen molar-refractivity contribution in [3.63, 3.8) is 0 Å². The number of carbonyl (C=O) groups is 1. The summed E-state index contributed by atoms with van der Waals surface area (Å²) in [4.78, 5) is 27.6. The SMILES string of the molecule is CN(C)c1nc(NC2CCC(N(C(=O)C3CCCC3)c3ccc(Cl)cc3)CC2)nc2c1CCCC2. The molecular formula is C28H38ClN5O. The van der Waals surface area contributed by atoms with Gasteiger partial charge in [-0.2, -0.15) is 4.98 Å². The van der Waals surface area contributed by atoms with Gasteiger partial charge >= 0.3 is 0 Å². The second-order valence-electron chi connectivity index (χ2n) is 10.7. The van der Waals surface area contributed by atoms with Gasteiger partial charge in [0.15, 0.2) is 0 Å². The minimum Gasteiger partial charge on any atom is -0.362 e. The minimum absolute atomic E-state index is 0.162. The van der Waals surface area contributed by atoms with Gasteiger partial charge in [-0.1, -0.05) is 24.4 Å². The van der Waals surface area contributed by atoms with Gasteiger partial charge in [-0.15, -0.1) is 0 Å². The highest BCUT2D eigenvalue weighted by Gasteiger charge is 2.35. The van der Waals surface area contributed by atoms with Crippen LogP contribution in [0.5, 0.6) is 0 Å². The Balaban J connectivity index is 1.29. The van der Waals surface area contributed by atoms with Gasteiger partial charge in [0.2, 0.25) is 11.9 Å². The zero-order valence-corrected chi connectivity index (χ0v) is 21.9. The summed E-state index contributed by atoms with van der Waals surface area (Å²) in [6.07, 6.45) is 12.9. The van der Waals surface area contributed by atoms with E-state index < -0.39 is 0 Å². The Hall–Kier alpha value is -2.34. The van der Waals surface area contributed by atoms with E-state index in [-0.39, 0.29) is 12.0 Å². The van der Waals surface area contributed by atoms with Gasteiger partial charge in [0.25, 0.3) is 0 Å². The first kappa shape index (κ1) is 24.4. The maximum absolute atomic E-state index is 13.6. The van der Waals surface area contributed by atoms with E-state index in [9.17, 15) is 4.79 Å². The third-order valence-corrected chi connectivity index (χ3v) is 8.28. The molecule has 1 aromatic carbocycles. The fraction of sp³-hybridized carbons (Fsp3) is 0.607. The van der Waals surface area contributed by atoms with Gasteiger partial charge in [-0.3, -0.25) is 4.79 Å². The van der Waals surface area contributed by atoms with Crippen LogP contribution >= 0.6 is 11.6 Å². The summed E-state index contributed by atoms with van der Waals surface area (Å²) < 4.78 is 0. The van der Waals surface area contributed by atoms with E-state index in [4.69, 9.17) is 21.6 Å². The zero-order chi connectivity index (χ0) is 24.4. The predicted molar refractivity (Wildman–Crippen MR) is 144 cm³/mol. The van der Waals surface area contributed by atoms with Crippen LogP contribution in [-0.2, 0) is 17.6 Å². The zero-order valence-electron chi connectivity index (χ0n) is 21.1. The second kappa shape index (κ2) is 10.7. The number of fused-ring (bicyclic) bond motifs is 1. The lowest BCUT2D eigenvalue weighted by molar-refractivity contribution is -0.122. The van der Waals surface area contributed by atoms with Gasteiger partial charge in [0.05, 0.1) is 5.69 Å². The average molecular weight is 496 g/mol. The van der Waals surface area contributed by atoms with Gasteiger partial charge < -0.3 is 15.1 Å². The molecule has 3 aliphatic carbocycles. The fourth-order valence-corrected chi connectivity index (χ4v) is 6.28. The monoisotopic (exact) mass is 495 g/mol. The Bertz CT molecular complexity index is 1030. The largest absolute Gasteiger partial charge is 0.362 e. The molecule has 5 rings (SSSR count). The van der Waals surface area contributed by atoms with Crippen molar-refractivity contribution in [2.45, 2.75) is 89.1 Å². The molecule has 0 unspecified atom stereocenters. The van der Waals surface area contributed by atoms with Crippen molar-refractivity contribution in [1.82, 2.24) is 9.97 Å². The normalized spacial score (nSPS) is 22.5. The highest BCUT2D eigenvalue weighted by molar-refractivity contribution is 6.30. The van der Waals surface area contributed by atoms with E-state index in [1.165, 1.54) is 24.1 Å². The summed E-state index contributed by atoms with van der Waals surface area (Å²) in [5.74, 6) is 2.28. The van der Waals surface area contributed by atoms with Crippen LogP contribution < -0.4 is 15.1 Å². The van der Waals surface area contributed by atoms with Crippen LogP contribution in [0.3, 0.4) is 0 Å². The third kappa shape index (κ3) is 5.42. The van der Waals surface area contributed by atoms with Crippen LogP contribution in [0.4, 0.5) is 17.5 Å². The first-order chi connectivity index (χ1) is 17.0. The number of carbonyl (C=O) groups excluding carboxylic acids is 1. The maximum atomic E-state index is 13.6. The van der Waals surface area contributed by atoms with Crippen molar-refractivity contribution in [3.05, 3.63) is 40.5 Å². The van der Waals surface area contributed by atoms with E-state index in [1.54, 1.807) is 0 Å². The Morgan fingerprint density at radius 2 is 1.60 bits per heavy atom. The molecule has 6 nitrogen and oxygen atoms in total. The number of aryl methyl sites for hydroxylation is 1. The topological polar surface area (TPSA) is 61.4 Å². The third-order valence-electron chi connectivity index (χ3n) is 8.03. The van der Waals surface area contributed by atoms with E-state index in [1.807, 2.05) is 24.3 Å². The Morgan fingerprint density at radius 3 is 2.29 bits per heavy atom. The molecule has 188 valence electrons. The summed E-state index contributed by atoms with van der Waals surface area (Å²) in [6, 6.07) is 8.36. The average Bonchev–Trinajstić information content (AvgIpc) is 3.41. The summed E-state index contributed by atoms with van der Waals surface area (Å²) in [5, 5.41) is 4.35. The highest BCUT2D eigenvalue weighted by atomic mass is 35.5. The van der Waals surface area contributed by atoms with Crippen LogP contribution in [0.2, 0.25) is 5.02 Å². The molecule has 2 fully saturated rings. The molecule has 35 heavy (non-hydrogen) atoms. The number of benzene rings is 1. The molecule has 7 heteroatoms. The smallest absolute Gasteiger partial charge is 0.230 e. The fourth-order valence-electron chi connectivity index (χ4n) is 6.16. The number of amides is 1. The number of rotatable bonds is 6. The molecule has 2 aromatic rings. The van der Waals surface area contributed by atoms with Crippen molar-refractivity contribution < 1.29 is 4.79 Å². The van der Waals surface area contributed by atoms with Crippen molar-refractivity contribution in [3.8, 4) is 0 Å². The number of aromatic nitrogens is 2.